The Hall–Kier alpha value is -2.04. The van der Waals surface area contributed by atoms with Crippen LogP contribution in [-0.2, 0) is 17.8 Å². The van der Waals surface area contributed by atoms with E-state index in [1.807, 2.05) is 11.9 Å². The van der Waals surface area contributed by atoms with Gasteiger partial charge < -0.3 is 15.1 Å². The van der Waals surface area contributed by atoms with Gasteiger partial charge in [0, 0.05) is 33.2 Å². The third kappa shape index (κ3) is 3.57. The highest BCUT2D eigenvalue weighted by Gasteiger charge is 2.35. The molecule has 2 aliphatic heterocycles. The molecule has 4 rings (SSSR count). The Morgan fingerprint density at radius 2 is 1.81 bits per heavy atom. The van der Waals surface area contributed by atoms with Gasteiger partial charge >= 0.3 is 0 Å². The molecule has 26 heavy (non-hydrogen) atoms. The largest absolute Gasteiger partial charge is 0.347 e. The SMILES string of the molecule is CN=C(NCC(=O)N1CCc2ccccc2C1)N1CC2CCCCC2C1. The smallest absolute Gasteiger partial charge is 0.242 e. The topological polar surface area (TPSA) is 47.9 Å². The summed E-state index contributed by atoms with van der Waals surface area (Å²) in [5.41, 5.74) is 2.65. The first kappa shape index (κ1) is 17.4. The van der Waals surface area contributed by atoms with Crippen LogP contribution >= 0.6 is 0 Å². The normalized spacial score (nSPS) is 25.7. The van der Waals surface area contributed by atoms with Crippen LogP contribution in [0.2, 0.25) is 0 Å². The summed E-state index contributed by atoms with van der Waals surface area (Å²) < 4.78 is 0. The minimum absolute atomic E-state index is 0.164. The van der Waals surface area contributed by atoms with E-state index in [1.54, 1.807) is 0 Å². The second-order valence-electron chi connectivity index (χ2n) is 7.94. The molecule has 0 radical (unpaired) electrons. The third-order valence-electron chi connectivity index (χ3n) is 6.37. The molecule has 2 unspecified atom stereocenters. The second-order valence-corrected chi connectivity index (χ2v) is 7.94. The monoisotopic (exact) mass is 354 g/mol. The molecule has 1 aliphatic carbocycles. The van der Waals surface area contributed by atoms with E-state index in [0.717, 1.165) is 50.4 Å². The van der Waals surface area contributed by atoms with Crippen LogP contribution in [0.1, 0.15) is 36.8 Å². The van der Waals surface area contributed by atoms with Crippen LogP contribution < -0.4 is 5.32 Å². The van der Waals surface area contributed by atoms with Crippen LogP contribution in [0, 0.1) is 11.8 Å². The molecule has 1 N–H and O–H groups in total. The van der Waals surface area contributed by atoms with Crippen LogP contribution in [0.4, 0.5) is 0 Å². The van der Waals surface area contributed by atoms with Crippen molar-refractivity contribution in [2.24, 2.45) is 16.8 Å². The van der Waals surface area contributed by atoms with Crippen molar-refractivity contribution in [1.82, 2.24) is 15.1 Å². The zero-order valence-electron chi connectivity index (χ0n) is 15.8. The number of rotatable bonds is 2. The highest BCUT2D eigenvalue weighted by Crippen LogP contribution is 2.35. The van der Waals surface area contributed by atoms with Gasteiger partial charge in [0.2, 0.25) is 5.91 Å². The predicted octanol–water partition coefficient (Wildman–Crippen LogP) is 2.27. The average molecular weight is 354 g/mol. The maximum absolute atomic E-state index is 12.7. The van der Waals surface area contributed by atoms with Gasteiger partial charge in [0.1, 0.15) is 0 Å². The number of carbonyl (C=O) groups is 1. The number of fused-ring (bicyclic) bond motifs is 2. The Kier molecular flexibility index (Phi) is 5.14. The molecular formula is C21H30N4O. The zero-order valence-corrected chi connectivity index (χ0v) is 15.8. The van der Waals surface area contributed by atoms with Gasteiger partial charge in [-0.2, -0.15) is 0 Å². The van der Waals surface area contributed by atoms with Crippen molar-refractivity contribution in [3.05, 3.63) is 35.4 Å². The van der Waals surface area contributed by atoms with E-state index in [4.69, 9.17) is 0 Å². The first-order chi connectivity index (χ1) is 12.7. The summed E-state index contributed by atoms with van der Waals surface area (Å²) in [6, 6.07) is 8.44. The lowest BCUT2D eigenvalue weighted by Crippen LogP contribution is -2.47. The zero-order chi connectivity index (χ0) is 17.9. The number of hydrogen-bond donors (Lipinski definition) is 1. The first-order valence-corrected chi connectivity index (χ1v) is 10.0. The molecular weight excluding hydrogens is 324 g/mol. The van der Waals surface area contributed by atoms with Gasteiger partial charge in [-0.15, -0.1) is 0 Å². The minimum atomic E-state index is 0.164. The quantitative estimate of drug-likeness (QED) is 0.655. The Morgan fingerprint density at radius 3 is 2.50 bits per heavy atom. The van der Waals surface area contributed by atoms with Gasteiger partial charge in [-0.05, 0) is 42.2 Å². The van der Waals surface area contributed by atoms with Crippen molar-refractivity contribution in [2.75, 3.05) is 33.2 Å². The van der Waals surface area contributed by atoms with E-state index in [0.29, 0.717) is 6.54 Å². The third-order valence-corrected chi connectivity index (χ3v) is 6.37. The summed E-state index contributed by atoms with van der Waals surface area (Å²) >= 11 is 0. The fourth-order valence-corrected chi connectivity index (χ4v) is 4.89. The van der Waals surface area contributed by atoms with Gasteiger partial charge in [0.15, 0.2) is 5.96 Å². The summed E-state index contributed by atoms with van der Waals surface area (Å²) in [5, 5.41) is 3.33. The number of aliphatic imine (C=N–C) groups is 1. The molecule has 0 bridgehead atoms. The summed E-state index contributed by atoms with van der Waals surface area (Å²) in [5.74, 6) is 2.69. The van der Waals surface area contributed by atoms with Crippen molar-refractivity contribution in [1.29, 1.82) is 0 Å². The van der Waals surface area contributed by atoms with Crippen LogP contribution in [0.3, 0.4) is 0 Å². The van der Waals surface area contributed by atoms with Crippen LogP contribution in [0.5, 0.6) is 0 Å². The molecule has 140 valence electrons. The summed E-state index contributed by atoms with van der Waals surface area (Å²) in [7, 11) is 1.83. The molecule has 1 aromatic carbocycles. The summed E-state index contributed by atoms with van der Waals surface area (Å²) in [6.45, 7) is 4.05. The van der Waals surface area contributed by atoms with Crippen LogP contribution in [0.25, 0.3) is 0 Å². The highest BCUT2D eigenvalue weighted by atomic mass is 16.2. The molecule has 2 atom stereocenters. The molecule has 5 heteroatoms. The van der Waals surface area contributed by atoms with Crippen molar-refractivity contribution < 1.29 is 4.79 Å². The molecule has 2 heterocycles. The van der Waals surface area contributed by atoms with Gasteiger partial charge in [-0.25, -0.2) is 0 Å². The number of nitrogens with one attached hydrogen (secondary N) is 1. The van der Waals surface area contributed by atoms with E-state index < -0.39 is 0 Å². The molecule has 2 fully saturated rings. The average Bonchev–Trinajstić information content (AvgIpc) is 3.12. The van der Waals surface area contributed by atoms with E-state index >= 15 is 0 Å². The lowest BCUT2D eigenvalue weighted by atomic mass is 9.82. The Morgan fingerprint density at radius 1 is 1.12 bits per heavy atom. The van der Waals surface area contributed by atoms with Crippen LogP contribution in [0.15, 0.2) is 29.3 Å². The molecule has 1 aromatic rings. The fourth-order valence-electron chi connectivity index (χ4n) is 4.89. The fraction of sp³-hybridized carbons (Fsp3) is 0.619. The number of benzene rings is 1. The number of nitrogens with zero attached hydrogens (tertiary/aromatic N) is 3. The molecule has 1 saturated carbocycles. The van der Waals surface area contributed by atoms with Gasteiger partial charge in [0.25, 0.3) is 0 Å². The lowest BCUT2D eigenvalue weighted by molar-refractivity contribution is -0.130. The van der Waals surface area contributed by atoms with Crippen molar-refractivity contribution in [3.63, 3.8) is 0 Å². The van der Waals surface area contributed by atoms with E-state index in [2.05, 4.69) is 39.5 Å². The molecule has 0 aromatic heterocycles. The second kappa shape index (κ2) is 7.68. The van der Waals surface area contributed by atoms with E-state index in [1.165, 1.54) is 36.8 Å². The van der Waals surface area contributed by atoms with Crippen molar-refractivity contribution in [3.8, 4) is 0 Å². The van der Waals surface area contributed by atoms with Gasteiger partial charge in [0.05, 0.1) is 6.54 Å². The van der Waals surface area contributed by atoms with Crippen molar-refractivity contribution in [2.45, 2.75) is 38.6 Å². The number of carbonyl (C=O) groups excluding carboxylic acids is 1. The molecule has 0 spiro atoms. The maximum atomic E-state index is 12.7. The van der Waals surface area contributed by atoms with E-state index in [9.17, 15) is 4.79 Å². The molecule has 3 aliphatic rings. The first-order valence-electron chi connectivity index (χ1n) is 10.0. The van der Waals surface area contributed by atoms with Gasteiger partial charge in [-0.1, -0.05) is 37.1 Å². The number of amides is 1. The Bertz CT molecular complexity index is 672. The number of likely N-dealkylation sites (tertiary alicyclic amines) is 1. The molecule has 1 saturated heterocycles. The summed E-state index contributed by atoms with van der Waals surface area (Å²) in [6.07, 6.45) is 6.40. The van der Waals surface area contributed by atoms with Gasteiger partial charge in [-0.3, -0.25) is 9.79 Å². The maximum Gasteiger partial charge on any atom is 0.242 e. The molecule has 5 nitrogen and oxygen atoms in total. The standard InChI is InChI=1S/C21H30N4O/c1-22-21(25-14-18-8-4-5-9-19(18)15-25)23-12-20(26)24-11-10-16-6-2-3-7-17(16)13-24/h2-3,6-7,18-19H,4-5,8-15H2,1H3,(H,22,23). The lowest BCUT2D eigenvalue weighted by Gasteiger charge is -2.29. The summed E-state index contributed by atoms with van der Waals surface area (Å²) in [4.78, 5) is 21.5. The minimum Gasteiger partial charge on any atom is -0.347 e. The number of hydrogen-bond acceptors (Lipinski definition) is 2. The predicted molar refractivity (Wildman–Crippen MR) is 104 cm³/mol. The highest BCUT2D eigenvalue weighted by molar-refractivity contribution is 5.86. The van der Waals surface area contributed by atoms with E-state index in [-0.39, 0.29) is 5.91 Å². The van der Waals surface area contributed by atoms with Crippen LogP contribution in [-0.4, -0.2) is 54.9 Å². The van der Waals surface area contributed by atoms with Crippen molar-refractivity contribution >= 4 is 11.9 Å². The number of guanidine groups is 1. The Balaban J connectivity index is 1.31. The molecule has 1 amide bonds. The Labute approximate surface area is 156 Å².